The molecule has 96 valence electrons. The van der Waals surface area contributed by atoms with Crippen molar-refractivity contribution in [2.75, 3.05) is 5.32 Å². The molecule has 0 aliphatic rings. The van der Waals surface area contributed by atoms with Gasteiger partial charge in [-0.05, 0) is 26.0 Å². The first-order valence-electron chi connectivity index (χ1n) is 5.52. The van der Waals surface area contributed by atoms with Gasteiger partial charge in [-0.25, -0.2) is 4.79 Å². The summed E-state index contributed by atoms with van der Waals surface area (Å²) >= 11 is 1.35. The van der Waals surface area contributed by atoms with E-state index in [1.807, 2.05) is 37.6 Å². The number of carbonyl (C=O) groups excluding carboxylic acids is 1. The normalized spacial score (nSPS) is 10.4. The second-order valence-electron chi connectivity index (χ2n) is 3.96. The number of anilines is 1. The summed E-state index contributed by atoms with van der Waals surface area (Å²) in [7, 11) is 1.97. The smallest absolute Gasteiger partial charge is 0.321 e. The molecule has 7 heteroatoms. The van der Waals surface area contributed by atoms with Crippen LogP contribution in [-0.2, 0) is 13.6 Å². The third-order valence-corrected chi connectivity index (χ3v) is 3.41. The van der Waals surface area contributed by atoms with Crippen molar-refractivity contribution >= 4 is 22.5 Å². The molecule has 2 aromatic heterocycles. The number of rotatable bonds is 3. The zero-order chi connectivity index (χ0) is 13.1. The highest BCUT2D eigenvalue weighted by Crippen LogP contribution is 2.13. The molecule has 0 fully saturated rings. The van der Waals surface area contributed by atoms with E-state index < -0.39 is 0 Å². The van der Waals surface area contributed by atoms with Crippen LogP contribution in [0.3, 0.4) is 0 Å². The number of aromatic nitrogens is 3. The van der Waals surface area contributed by atoms with E-state index in [-0.39, 0.29) is 6.03 Å². The molecule has 2 amide bonds. The minimum atomic E-state index is -0.273. The molecule has 0 bridgehead atoms. The molecule has 18 heavy (non-hydrogen) atoms. The first-order chi connectivity index (χ1) is 8.56. The van der Waals surface area contributed by atoms with Gasteiger partial charge in [-0.1, -0.05) is 11.3 Å². The van der Waals surface area contributed by atoms with E-state index in [0.717, 1.165) is 16.4 Å². The van der Waals surface area contributed by atoms with Gasteiger partial charge in [0.25, 0.3) is 0 Å². The third-order valence-electron chi connectivity index (χ3n) is 2.65. The van der Waals surface area contributed by atoms with E-state index in [2.05, 4.69) is 20.8 Å². The van der Waals surface area contributed by atoms with Crippen LogP contribution in [0.1, 0.15) is 16.4 Å². The van der Waals surface area contributed by atoms with Crippen LogP contribution in [0.5, 0.6) is 0 Å². The molecule has 0 aliphatic carbocycles. The van der Waals surface area contributed by atoms with Crippen molar-refractivity contribution in [3.8, 4) is 0 Å². The SMILES string of the molecule is Cc1nnc(NC(=O)NCc2ccc(C)n2C)s1. The van der Waals surface area contributed by atoms with Gasteiger partial charge >= 0.3 is 6.03 Å². The summed E-state index contributed by atoms with van der Waals surface area (Å²) < 4.78 is 2.04. The maximum Gasteiger partial charge on any atom is 0.321 e. The summed E-state index contributed by atoms with van der Waals surface area (Å²) in [6.45, 7) is 4.34. The van der Waals surface area contributed by atoms with E-state index >= 15 is 0 Å². The van der Waals surface area contributed by atoms with Crippen molar-refractivity contribution in [1.29, 1.82) is 0 Å². The lowest BCUT2D eigenvalue weighted by atomic mass is 10.4. The van der Waals surface area contributed by atoms with Crippen LogP contribution in [0.4, 0.5) is 9.93 Å². The fraction of sp³-hybridized carbons (Fsp3) is 0.364. The van der Waals surface area contributed by atoms with E-state index in [1.54, 1.807) is 0 Å². The summed E-state index contributed by atoms with van der Waals surface area (Å²) in [6, 6.07) is 3.73. The molecule has 2 N–H and O–H groups in total. The summed E-state index contributed by atoms with van der Waals surface area (Å²) in [5, 5.41) is 14.4. The molecule has 0 unspecified atom stereocenters. The van der Waals surface area contributed by atoms with Crippen molar-refractivity contribution in [2.24, 2.45) is 7.05 Å². The Kier molecular flexibility index (Phi) is 3.61. The molecule has 0 atom stereocenters. The van der Waals surface area contributed by atoms with Gasteiger partial charge < -0.3 is 9.88 Å². The van der Waals surface area contributed by atoms with Crippen molar-refractivity contribution in [1.82, 2.24) is 20.1 Å². The number of nitrogens with one attached hydrogen (secondary N) is 2. The molecule has 2 aromatic rings. The number of hydrogen-bond donors (Lipinski definition) is 2. The van der Waals surface area contributed by atoms with Crippen molar-refractivity contribution < 1.29 is 4.79 Å². The fourth-order valence-corrected chi connectivity index (χ4v) is 2.09. The first-order valence-corrected chi connectivity index (χ1v) is 6.34. The number of nitrogens with zero attached hydrogens (tertiary/aromatic N) is 3. The van der Waals surface area contributed by atoms with Crippen molar-refractivity contribution in [3.63, 3.8) is 0 Å². The monoisotopic (exact) mass is 265 g/mol. The summed E-state index contributed by atoms with van der Waals surface area (Å²) in [5.41, 5.74) is 2.21. The molecule has 0 saturated carbocycles. The van der Waals surface area contributed by atoms with E-state index in [0.29, 0.717) is 11.7 Å². The van der Waals surface area contributed by atoms with Gasteiger partial charge in [-0.15, -0.1) is 10.2 Å². The van der Waals surface area contributed by atoms with Crippen LogP contribution in [-0.4, -0.2) is 20.8 Å². The topological polar surface area (TPSA) is 71.8 Å². The number of carbonyl (C=O) groups is 1. The number of urea groups is 1. The van der Waals surface area contributed by atoms with Gasteiger partial charge in [0.15, 0.2) is 0 Å². The second-order valence-corrected chi connectivity index (χ2v) is 5.14. The lowest BCUT2D eigenvalue weighted by Gasteiger charge is -2.07. The maximum atomic E-state index is 11.6. The number of amides is 2. The van der Waals surface area contributed by atoms with Crippen LogP contribution in [0.25, 0.3) is 0 Å². The van der Waals surface area contributed by atoms with Gasteiger partial charge in [0.2, 0.25) is 5.13 Å². The molecule has 0 aliphatic heterocycles. The average molecular weight is 265 g/mol. The fourth-order valence-electron chi connectivity index (χ4n) is 1.50. The van der Waals surface area contributed by atoms with Crippen LogP contribution >= 0.6 is 11.3 Å². The summed E-state index contributed by atoms with van der Waals surface area (Å²) in [6.07, 6.45) is 0. The molecular weight excluding hydrogens is 250 g/mol. The van der Waals surface area contributed by atoms with Crippen LogP contribution in [0.2, 0.25) is 0 Å². The highest BCUT2D eigenvalue weighted by Gasteiger charge is 2.07. The quantitative estimate of drug-likeness (QED) is 0.889. The first kappa shape index (κ1) is 12.6. The molecular formula is C11H15N5OS. The van der Waals surface area contributed by atoms with E-state index in [9.17, 15) is 4.79 Å². The summed E-state index contributed by atoms with van der Waals surface area (Å²) in [4.78, 5) is 11.6. The minimum Gasteiger partial charge on any atom is -0.350 e. The Morgan fingerprint density at radius 3 is 2.72 bits per heavy atom. The predicted molar refractivity (Wildman–Crippen MR) is 70.7 cm³/mol. The number of hydrogen-bond acceptors (Lipinski definition) is 4. The summed E-state index contributed by atoms with van der Waals surface area (Å²) in [5.74, 6) is 0. The average Bonchev–Trinajstić information content (AvgIpc) is 2.86. The molecule has 0 aromatic carbocycles. The van der Waals surface area contributed by atoms with Gasteiger partial charge in [0, 0.05) is 18.4 Å². The number of aryl methyl sites for hydroxylation is 2. The standard InChI is InChI=1S/C11H15N5OS/c1-7-4-5-9(16(7)3)6-12-10(17)13-11-15-14-8(2)18-11/h4-5H,6H2,1-3H3,(H2,12,13,15,17). The largest absolute Gasteiger partial charge is 0.350 e. The molecule has 0 spiro atoms. The third kappa shape index (κ3) is 2.86. The lowest BCUT2D eigenvalue weighted by molar-refractivity contribution is 0.251. The highest BCUT2D eigenvalue weighted by molar-refractivity contribution is 7.15. The zero-order valence-corrected chi connectivity index (χ0v) is 11.3. The second kappa shape index (κ2) is 5.18. The maximum absolute atomic E-state index is 11.6. The Morgan fingerprint density at radius 1 is 1.39 bits per heavy atom. The van der Waals surface area contributed by atoms with Gasteiger partial charge in [0.05, 0.1) is 6.54 Å². The zero-order valence-electron chi connectivity index (χ0n) is 10.5. The molecule has 6 nitrogen and oxygen atoms in total. The minimum absolute atomic E-state index is 0.273. The molecule has 2 heterocycles. The Hall–Kier alpha value is -1.89. The van der Waals surface area contributed by atoms with E-state index in [4.69, 9.17) is 0 Å². The van der Waals surface area contributed by atoms with Gasteiger partial charge in [-0.3, -0.25) is 5.32 Å². The molecule has 0 radical (unpaired) electrons. The molecule has 2 rings (SSSR count). The predicted octanol–water partition coefficient (Wildman–Crippen LogP) is 1.82. The Balaban J connectivity index is 1.87. The molecule has 0 saturated heterocycles. The Bertz CT molecular complexity index is 560. The Morgan fingerprint density at radius 2 is 2.17 bits per heavy atom. The van der Waals surface area contributed by atoms with Crippen LogP contribution < -0.4 is 10.6 Å². The van der Waals surface area contributed by atoms with Crippen LogP contribution in [0.15, 0.2) is 12.1 Å². The highest BCUT2D eigenvalue weighted by atomic mass is 32.1. The van der Waals surface area contributed by atoms with E-state index in [1.165, 1.54) is 11.3 Å². The lowest BCUT2D eigenvalue weighted by Crippen LogP contribution is -2.28. The Labute approximate surface area is 109 Å². The van der Waals surface area contributed by atoms with Gasteiger partial charge in [0.1, 0.15) is 5.01 Å². The van der Waals surface area contributed by atoms with Crippen molar-refractivity contribution in [2.45, 2.75) is 20.4 Å². The van der Waals surface area contributed by atoms with Crippen molar-refractivity contribution in [3.05, 3.63) is 28.5 Å². The van der Waals surface area contributed by atoms with Gasteiger partial charge in [-0.2, -0.15) is 0 Å². The van der Waals surface area contributed by atoms with Crippen LogP contribution in [0, 0.1) is 13.8 Å².